The first-order valence-electron chi connectivity index (χ1n) is 8.17. The predicted molar refractivity (Wildman–Crippen MR) is 88.4 cm³/mol. The summed E-state index contributed by atoms with van der Waals surface area (Å²) < 4.78 is 18.6. The van der Waals surface area contributed by atoms with E-state index in [9.17, 15) is 4.39 Å². The highest BCUT2D eigenvalue weighted by Gasteiger charge is 2.16. The molecule has 5 heteroatoms. The third kappa shape index (κ3) is 4.41. The first kappa shape index (κ1) is 15.7. The Morgan fingerprint density at radius 1 is 1.17 bits per heavy atom. The van der Waals surface area contributed by atoms with Crippen molar-refractivity contribution in [3.05, 3.63) is 42.5 Å². The quantitative estimate of drug-likeness (QED) is 0.790. The Morgan fingerprint density at radius 3 is 2.65 bits per heavy atom. The molecule has 0 amide bonds. The summed E-state index contributed by atoms with van der Waals surface area (Å²) in [5, 5.41) is 0. The summed E-state index contributed by atoms with van der Waals surface area (Å²) >= 11 is 0. The van der Waals surface area contributed by atoms with E-state index in [2.05, 4.69) is 14.9 Å². The largest absolute Gasteiger partial charge is 0.437 e. The molecule has 0 bridgehead atoms. The van der Waals surface area contributed by atoms with Crippen molar-refractivity contribution in [2.75, 3.05) is 18.5 Å². The molecular formula is C18H22FN3O. The van der Waals surface area contributed by atoms with Gasteiger partial charge in [-0.25, -0.2) is 4.39 Å². The van der Waals surface area contributed by atoms with Crippen molar-refractivity contribution < 1.29 is 9.13 Å². The summed E-state index contributed by atoms with van der Waals surface area (Å²) in [5.74, 6) is 2.32. The lowest BCUT2D eigenvalue weighted by Crippen LogP contribution is -2.21. The zero-order chi connectivity index (χ0) is 16.1. The Kier molecular flexibility index (Phi) is 5.05. The van der Waals surface area contributed by atoms with Gasteiger partial charge in [0, 0.05) is 13.6 Å². The van der Waals surface area contributed by atoms with Crippen LogP contribution >= 0.6 is 0 Å². The predicted octanol–water partition coefficient (Wildman–Crippen LogP) is 4.42. The van der Waals surface area contributed by atoms with Gasteiger partial charge in [-0.05, 0) is 36.6 Å². The van der Waals surface area contributed by atoms with Gasteiger partial charge < -0.3 is 9.64 Å². The zero-order valence-electron chi connectivity index (χ0n) is 13.4. The second-order valence-electron chi connectivity index (χ2n) is 6.13. The van der Waals surface area contributed by atoms with E-state index in [-0.39, 0.29) is 5.82 Å². The maximum Gasteiger partial charge on any atom is 0.239 e. The van der Waals surface area contributed by atoms with Crippen LogP contribution < -0.4 is 9.64 Å². The number of halogens is 1. The highest BCUT2D eigenvalue weighted by Crippen LogP contribution is 2.28. The molecule has 0 saturated heterocycles. The van der Waals surface area contributed by atoms with Crippen molar-refractivity contribution in [2.45, 2.75) is 32.1 Å². The number of aromatic nitrogens is 2. The third-order valence-corrected chi connectivity index (χ3v) is 4.37. The molecule has 0 N–H and O–H groups in total. The molecule has 1 aromatic heterocycles. The molecular weight excluding hydrogens is 293 g/mol. The molecule has 1 fully saturated rings. The summed E-state index contributed by atoms with van der Waals surface area (Å²) in [5.41, 5.74) is 0. The van der Waals surface area contributed by atoms with Gasteiger partial charge in [-0.2, -0.15) is 4.98 Å². The van der Waals surface area contributed by atoms with Crippen molar-refractivity contribution in [3.8, 4) is 11.6 Å². The van der Waals surface area contributed by atoms with Crippen LogP contribution in [0.3, 0.4) is 0 Å². The lowest BCUT2D eigenvalue weighted by molar-refractivity contribution is 0.457. The van der Waals surface area contributed by atoms with Gasteiger partial charge >= 0.3 is 0 Å². The van der Waals surface area contributed by atoms with Gasteiger partial charge in [0.25, 0.3) is 0 Å². The SMILES string of the molecule is CN(CCC1CCCC1)c1cncc(Oc2ccc(F)cc2)n1. The normalized spacial score (nSPS) is 14.9. The van der Waals surface area contributed by atoms with Crippen molar-refractivity contribution in [2.24, 2.45) is 5.92 Å². The minimum atomic E-state index is -0.288. The van der Waals surface area contributed by atoms with Gasteiger partial charge in [-0.3, -0.25) is 4.98 Å². The molecule has 0 radical (unpaired) electrons. The van der Waals surface area contributed by atoms with E-state index in [1.54, 1.807) is 24.5 Å². The molecule has 4 nitrogen and oxygen atoms in total. The number of ether oxygens (including phenoxy) is 1. The molecule has 1 saturated carbocycles. The number of benzene rings is 1. The van der Waals surface area contributed by atoms with Crippen LogP contribution in [0.15, 0.2) is 36.7 Å². The van der Waals surface area contributed by atoms with Crippen LogP contribution in [0, 0.1) is 11.7 Å². The molecule has 1 heterocycles. The van der Waals surface area contributed by atoms with E-state index in [1.807, 2.05) is 7.05 Å². The molecule has 2 aromatic rings. The highest BCUT2D eigenvalue weighted by molar-refractivity contribution is 5.37. The summed E-state index contributed by atoms with van der Waals surface area (Å²) in [4.78, 5) is 10.8. The van der Waals surface area contributed by atoms with Crippen molar-refractivity contribution in [1.29, 1.82) is 0 Å². The van der Waals surface area contributed by atoms with Gasteiger partial charge in [0.2, 0.25) is 5.88 Å². The topological polar surface area (TPSA) is 38.2 Å². The maximum absolute atomic E-state index is 12.9. The molecule has 1 aliphatic rings. The Balaban J connectivity index is 1.60. The van der Waals surface area contributed by atoms with Gasteiger partial charge in [-0.1, -0.05) is 25.7 Å². The van der Waals surface area contributed by atoms with E-state index < -0.39 is 0 Å². The molecule has 0 spiro atoms. The van der Waals surface area contributed by atoms with Crippen LogP contribution in [-0.2, 0) is 0 Å². The van der Waals surface area contributed by atoms with E-state index in [0.717, 1.165) is 18.3 Å². The molecule has 1 aromatic carbocycles. The Bertz CT molecular complexity index is 626. The smallest absolute Gasteiger partial charge is 0.239 e. The van der Waals surface area contributed by atoms with Crippen LogP contribution in [0.2, 0.25) is 0 Å². The lowest BCUT2D eigenvalue weighted by Gasteiger charge is -2.20. The average molecular weight is 315 g/mol. The molecule has 23 heavy (non-hydrogen) atoms. The van der Waals surface area contributed by atoms with Crippen LogP contribution in [0.5, 0.6) is 11.6 Å². The number of rotatable bonds is 6. The van der Waals surface area contributed by atoms with Crippen molar-refractivity contribution >= 4 is 5.82 Å². The first-order valence-corrected chi connectivity index (χ1v) is 8.17. The van der Waals surface area contributed by atoms with E-state index in [4.69, 9.17) is 4.74 Å². The Labute approximate surface area is 136 Å². The second kappa shape index (κ2) is 7.40. The fraction of sp³-hybridized carbons (Fsp3) is 0.444. The van der Waals surface area contributed by atoms with Crippen LogP contribution in [-0.4, -0.2) is 23.6 Å². The summed E-state index contributed by atoms with van der Waals surface area (Å²) in [7, 11) is 2.03. The summed E-state index contributed by atoms with van der Waals surface area (Å²) in [6.07, 6.45) is 9.95. The van der Waals surface area contributed by atoms with Crippen molar-refractivity contribution in [1.82, 2.24) is 9.97 Å². The Morgan fingerprint density at radius 2 is 1.91 bits per heavy atom. The van der Waals surface area contributed by atoms with E-state index >= 15 is 0 Å². The maximum atomic E-state index is 12.9. The van der Waals surface area contributed by atoms with Gasteiger partial charge in [0.1, 0.15) is 11.6 Å². The van der Waals surface area contributed by atoms with Gasteiger partial charge in [-0.15, -0.1) is 0 Å². The standard InChI is InChI=1S/C18H22FN3O/c1-22(11-10-14-4-2-3-5-14)17-12-20-13-18(21-17)23-16-8-6-15(19)7-9-16/h6-9,12-14H,2-5,10-11H2,1H3. The molecule has 0 aliphatic heterocycles. The van der Waals surface area contributed by atoms with Crippen molar-refractivity contribution in [3.63, 3.8) is 0 Å². The van der Waals surface area contributed by atoms with Gasteiger partial charge in [0.05, 0.1) is 12.4 Å². The number of hydrogen-bond acceptors (Lipinski definition) is 4. The van der Waals surface area contributed by atoms with Crippen LogP contribution in [0.1, 0.15) is 32.1 Å². The van der Waals surface area contributed by atoms with Gasteiger partial charge in [0.15, 0.2) is 5.82 Å². The van der Waals surface area contributed by atoms with E-state index in [1.165, 1.54) is 44.2 Å². The zero-order valence-corrected chi connectivity index (χ0v) is 13.4. The highest BCUT2D eigenvalue weighted by atomic mass is 19.1. The Hall–Kier alpha value is -2.17. The molecule has 1 aliphatic carbocycles. The molecule has 3 rings (SSSR count). The lowest BCUT2D eigenvalue weighted by atomic mass is 10.0. The third-order valence-electron chi connectivity index (χ3n) is 4.37. The summed E-state index contributed by atoms with van der Waals surface area (Å²) in [6.45, 7) is 0.972. The fourth-order valence-corrected chi connectivity index (χ4v) is 2.98. The fourth-order valence-electron chi connectivity index (χ4n) is 2.98. The minimum Gasteiger partial charge on any atom is -0.437 e. The number of nitrogens with zero attached hydrogens (tertiary/aromatic N) is 3. The number of hydrogen-bond donors (Lipinski definition) is 0. The summed E-state index contributed by atoms with van der Waals surface area (Å²) in [6, 6.07) is 5.88. The monoisotopic (exact) mass is 315 g/mol. The molecule has 0 unspecified atom stereocenters. The average Bonchev–Trinajstić information content (AvgIpc) is 3.08. The van der Waals surface area contributed by atoms with Crippen LogP contribution in [0.4, 0.5) is 10.2 Å². The minimum absolute atomic E-state index is 0.288. The molecule has 122 valence electrons. The first-order chi connectivity index (χ1) is 11.2. The second-order valence-corrected chi connectivity index (χ2v) is 6.13. The molecule has 0 atom stereocenters. The van der Waals surface area contributed by atoms with Crippen LogP contribution in [0.25, 0.3) is 0 Å². The number of anilines is 1. The van der Waals surface area contributed by atoms with E-state index in [0.29, 0.717) is 11.6 Å².